The van der Waals surface area contributed by atoms with Gasteiger partial charge in [-0.2, -0.15) is 13.2 Å². The second-order valence-electron chi connectivity index (χ2n) is 8.18. The Morgan fingerprint density at radius 2 is 1.46 bits per heavy atom. The number of benzene rings is 2. The number of nitrogens with zero attached hydrogens (tertiary/aromatic N) is 4. The van der Waals surface area contributed by atoms with Gasteiger partial charge in [-0.15, -0.1) is 0 Å². The van der Waals surface area contributed by atoms with Crippen LogP contribution in [0.2, 0.25) is 0 Å². The molecule has 1 fully saturated rings. The van der Waals surface area contributed by atoms with Gasteiger partial charge in [0, 0.05) is 38.3 Å². The van der Waals surface area contributed by atoms with E-state index in [1.807, 2.05) is 0 Å². The van der Waals surface area contributed by atoms with Crippen molar-refractivity contribution in [1.82, 2.24) is 18.9 Å². The Morgan fingerprint density at radius 3 is 2.06 bits per heavy atom. The summed E-state index contributed by atoms with van der Waals surface area (Å²) in [6.07, 6.45) is -4.48. The van der Waals surface area contributed by atoms with Crippen molar-refractivity contribution in [3.63, 3.8) is 0 Å². The highest BCUT2D eigenvalue weighted by Gasteiger charge is 2.31. The zero-order valence-electron chi connectivity index (χ0n) is 18.9. The summed E-state index contributed by atoms with van der Waals surface area (Å²) >= 11 is 0. The van der Waals surface area contributed by atoms with Gasteiger partial charge < -0.3 is 9.80 Å². The average molecular weight is 488 g/mol. The molecule has 0 atom stereocenters. The van der Waals surface area contributed by atoms with E-state index in [-0.39, 0.29) is 50.7 Å². The van der Waals surface area contributed by atoms with E-state index in [1.165, 1.54) is 14.4 Å². The first-order valence-electron chi connectivity index (χ1n) is 11.1. The van der Waals surface area contributed by atoms with E-state index < -0.39 is 28.9 Å². The molecule has 2 heterocycles. The van der Waals surface area contributed by atoms with Crippen molar-refractivity contribution in [2.45, 2.75) is 26.2 Å². The number of amides is 2. The maximum absolute atomic E-state index is 13.0. The second-order valence-corrected chi connectivity index (χ2v) is 8.18. The molecule has 35 heavy (non-hydrogen) atoms. The van der Waals surface area contributed by atoms with Gasteiger partial charge in [-0.25, -0.2) is 4.79 Å². The van der Waals surface area contributed by atoms with E-state index in [9.17, 15) is 32.3 Å². The maximum atomic E-state index is 13.0. The molecule has 1 aliphatic heterocycles. The molecular formula is C24H23F3N4O4. The Hall–Kier alpha value is -3.89. The van der Waals surface area contributed by atoms with Crippen molar-refractivity contribution in [3.05, 3.63) is 80.5 Å². The summed E-state index contributed by atoms with van der Waals surface area (Å²) in [5, 5.41) is 0.341. The number of fused-ring (bicyclic) bond motifs is 1. The van der Waals surface area contributed by atoms with Crippen LogP contribution in [-0.4, -0.2) is 56.9 Å². The lowest BCUT2D eigenvalue weighted by Gasteiger charge is -2.35. The molecule has 0 radical (unpaired) electrons. The first kappa shape index (κ1) is 24.2. The zero-order chi connectivity index (χ0) is 25.3. The molecule has 1 aliphatic rings. The van der Waals surface area contributed by atoms with E-state index in [0.29, 0.717) is 10.9 Å². The Morgan fingerprint density at radius 1 is 0.857 bits per heavy atom. The highest BCUT2D eigenvalue weighted by Crippen LogP contribution is 2.29. The fourth-order valence-corrected chi connectivity index (χ4v) is 4.18. The lowest BCUT2D eigenvalue weighted by Crippen LogP contribution is -2.52. The molecule has 11 heteroatoms. The minimum atomic E-state index is -4.48. The molecule has 0 spiro atoms. The third kappa shape index (κ3) is 4.71. The lowest BCUT2D eigenvalue weighted by atomic mass is 10.1. The van der Waals surface area contributed by atoms with Crippen LogP contribution in [0.1, 0.15) is 22.8 Å². The molecule has 184 valence electrons. The number of para-hydroxylation sites is 1. The summed E-state index contributed by atoms with van der Waals surface area (Å²) < 4.78 is 40.6. The number of carbonyl (C=O) groups is 2. The summed E-state index contributed by atoms with van der Waals surface area (Å²) in [4.78, 5) is 54.1. The molecule has 1 aromatic heterocycles. The van der Waals surface area contributed by atoms with Crippen molar-refractivity contribution in [3.8, 4) is 0 Å². The molecule has 0 unspecified atom stereocenters. The number of alkyl halides is 3. The van der Waals surface area contributed by atoms with Gasteiger partial charge in [0.2, 0.25) is 5.91 Å². The van der Waals surface area contributed by atoms with Crippen LogP contribution in [0.3, 0.4) is 0 Å². The molecular weight excluding hydrogens is 465 g/mol. The maximum Gasteiger partial charge on any atom is 0.416 e. The first-order chi connectivity index (χ1) is 16.6. The molecule has 1 saturated heterocycles. The van der Waals surface area contributed by atoms with Crippen molar-refractivity contribution in [1.29, 1.82) is 0 Å². The van der Waals surface area contributed by atoms with Gasteiger partial charge in [0.15, 0.2) is 0 Å². The first-order valence-corrected chi connectivity index (χ1v) is 11.1. The summed E-state index contributed by atoms with van der Waals surface area (Å²) in [5.74, 6) is -0.747. The van der Waals surface area contributed by atoms with Crippen molar-refractivity contribution in [2.75, 3.05) is 26.2 Å². The SMILES string of the molecule is CCn1c(=O)c2ccccc2n(CC(=O)N2CCN(C(=O)c3ccc(C(F)(F)F)cc3)CC2)c1=O. The molecule has 2 aromatic carbocycles. The summed E-state index contributed by atoms with van der Waals surface area (Å²) in [6.45, 7) is 2.42. The van der Waals surface area contributed by atoms with Crippen LogP contribution in [0, 0.1) is 0 Å². The van der Waals surface area contributed by atoms with Crippen LogP contribution in [0.15, 0.2) is 58.1 Å². The summed E-state index contributed by atoms with van der Waals surface area (Å²) in [5.41, 5.74) is -1.30. The number of aromatic nitrogens is 2. The van der Waals surface area contributed by atoms with Crippen LogP contribution in [0.25, 0.3) is 10.9 Å². The van der Waals surface area contributed by atoms with Gasteiger partial charge in [-0.1, -0.05) is 12.1 Å². The van der Waals surface area contributed by atoms with Gasteiger partial charge in [-0.05, 0) is 43.3 Å². The van der Waals surface area contributed by atoms with E-state index in [1.54, 1.807) is 31.2 Å². The van der Waals surface area contributed by atoms with E-state index in [0.717, 1.165) is 28.8 Å². The normalized spacial score (nSPS) is 14.4. The van der Waals surface area contributed by atoms with Crippen molar-refractivity contribution < 1.29 is 22.8 Å². The standard InChI is InChI=1S/C24H23F3N4O4/c1-2-30-22(34)18-5-3-4-6-19(18)31(23(30)35)15-20(32)28-11-13-29(14-12-28)21(33)16-7-9-17(10-8-16)24(25,26)27/h3-10H,2,11-15H2,1H3. The molecule has 3 aromatic rings. The summed E-state index contributed by atoms with van der Waals surface area (Å²) in [7, 11) is 0. The largest absolute Gasteiger partial charge is 0.416 e. The van der Waals surface area contributed by atoms with Gasteiger partial charge in [0.05, 0.1) is 16.5 Å². The number of halogens is 3. The van der Waals surface area contributed by atoms with Crippen LogP contribution in [0.5, 0.6) is 0 Å². The number of carbonyl (C=O) groups excluding carboxylic acids is 2. The van der Waals surface area contributed by atoms with Gasteiger partial charge >= 0.3 is 11.9 Å². The van der Waals surface area contributed by atoms with Crippen LogP contribution in [-0.2, 0) is 24.1 Å². The van der Waals surface area contributed by atoms with Gasteiger partial charge in [0.25, 0.3) is 11.5 Å². The minimum absolute atomic E-state index is 0.137. The Bertz CT molecular complexity index is 1390. The van der Waals surface area contributed by atoms with E-state index in [2.05, 4.69) is 0 Å². The third-order valence-corrected chi connectivity index (χ3v) is 6.12. The molecule has 4 rings (SSSR count). The van der Waals surface area contributed by atoms with E-state index >= 15 is 0 Å². The quantitative estimate of drug-likeness (QED) is 0.564. The third-order valence-electron chi connectivity index (χ3n) is 6.12. The fourth-order valence-electron chi connectivity index (χ4n) is 4.18. The molecule has 0 aliphatic carbocycles. The highest BCUT2D eigenvalue weighted by atomic mass is 19.4. The molecule has 2 amide bonds. The smallest absolute Gasteiger partial charge is 0.338 e. The lowest BCUT2D eigenvalue weighted by molar-refractivity contribution is -0.137. The predicted molar refractivity (Wildman–Crippen MR) is 122 cm³/mol. The molecule has 0 N–H and O–H groups in total. The fraction of sp³-hybridized carbons (Fsp3) is 0.333. The monoisotopic (exact) mass is 488 g/mol. The van der Waals surface area contributed by atoms with Crippen molar-refractivity contribution in [2.24, 2.45) is 0 Å². The number of rotatable bonds is 4. The second kappa shape index (κ2) is 9.40. The highest BCUT2D eigenvalue weighted by molar-refractivity contribution is 5.94. The van der Waals surface area contributed by atoms with Gasteiger partial charge in [-0.3, -0.25) is 23.5 Å². The predicted octanol–water partition coefficient (Wildman–Crippen LogP) is 2.19. The van der Waals surface area contributed by atoms with Crippen molar-refractivity contribution >= 4 is 22.7 Å². The number of hydrogen-bond donors (Lipinski definition) is 0. The Kier molecular flexibility index (Phi) is 6.51. The molecule has 8 nitrogen and oxygen atoms in total. The number of hydrogen-bond acceptors (Lipinski definition) is 4. The summed E-state index contributed by atoms with van der Waals surface area (Å²) in [6, 6.07) is 10.6. The molecule has 0 bridgehead atoms. The Labute approximate surface area is 197 Å². The Balaban J connectivity index is 1.46. The topological polar surface area (TPSA) is 84.6 Å². The minimum Gasteiger partial charge on any atom is -0.338 e. The van der Waals surface area contributed by atoms with E-state index in [4.69, 9.17) is 0 Å². The number of piperazine rings is 1. The average Bonchev–Trinajstić information content (AvgIpc) is 2.86. The van der Waals surface area contributed by atoms with Gasteiger partial charge in [0.1, 0.15) is 6.54 Å². The zero-order valence-corrected chi connectivity index (χ0v) is 18.9. The van der Waals surface area contributed by atoms with Crippen LogP contribution < -0.4 is 11.2 Å². The molecule has 0 saturated carbocycles. The van der Waals surface area contributed by atoms with Crippen LogP contribution >= 0.6 is 0 Å². The van der Waals surface area contributed by atoms with Crippen LogP contribution in [0.4, 0.5) is 13.2 Å².